The molecule has 5 aromatic rings. The van der Waals surface area contributed by atoms with Gasteiger partial charge in [0.05, 0.1) is 13.7 Å². The molecule has 3 aromatic carbocycles. The molecule has 0 fully saturated rings. The van der Waals surface area contributed by atoms with Crippen LogP contribution in [0.3, 0.4) is 0 Å². The Balaban J connectivity index is 1.18. The molecule has 2 aromatic heterocycles. The van der Waals surface area contributed by atoms with Gasteiger partial charge in [0.1, 0.15) is 5.75 Å². The van der Waals surface area contributed by atoms with Gasteiger partial charge in [-0.25, -0.2) is 0 Å². The number of hydrogen-bond acceptors (Lipinski definition) is 3. The maximum atomic E-state index is 12.7. The highest BCUT2D eigenvalue weighted by Gasteiger charge is 2.12. The first-order valence-electron chi connectivity index (χ1n) is 11.5. The summed E-state index contributed by atoms with van der Waals surface area (Å²) in [7, 11) is 1.63. The molecule has 0 atom stereocenters. The maximum absolute atomic E-state index is 12.7. The molecule has 0 bridgehead atoms. The second-order valence-electron chi connectivity index (χ2n) is 8.33. The van der Waals surface area contributed by atoms with Crippen molar-refractivity contribution in [1.82, 2.24) is 20.6 Å². The van der Waals surface area contributed by atoms with E-state index in [0.29, 0.717) is 18.5 Å². The van der Waals surface area contributed by atoms with E-state index in [1.54, 1.807) is 13.2 Å². The number of amides is 2. The number of fused-ring (bicyclic) bond motifs is 2. The Kier molecular flexibility index (Phi) is 6.22. The highest BCUT2D eigenvalue weighted by atomic mass is 16.5. The first-order valence-corrected chi connectivity index (χ1v) is 11.5. The van der Waals surface area contributed by atoms with Gasteiger partial charge in [-0.1, -0.05) is 30.3 Å². The molecule has 0 spiro atoms. The number of para-hydroxylation sites is 1. The van der Waals surface area contributed by atoms with Crippen LogP contribution < -0.4 is 15.4 Å². The van der Waals surface area contributed by atoms with Gasteiger partial charge in [-0.3, -0.25) is 9.59 Å². The lowest BCUT2D eigenvalue weighted by molar-refractivity contribution is -0.120. The number of rotatable bonds is 8. The Labute approximate surface area is 202 Å². The monoisotopic (exact) mass is 466 g/mol. The lowest BCUT2D eigenvalue weighted by atomic mass is 10.0. The van der Waals surface area contributed by atoms with Crippen molar-refractivity contribution in [2.24, 2.45) is 0 Å². The van der Waals surface area contributed by atoms with Crippen LogP contribution in [-0.4, -0.2) is 42.0 Å². The van der Waals surface area contributed by atoms with Crippen molar-refractivity contribution in [3.8, 4) is 16.9 Å². The summed E-state index contributed by atoms with van der Waals surface area (Å²) in [5.41, 5.74) is 5.67. The van der Waals surface area contributed by atoms with Crippen LogP contribution in [0.5, 0.6) is 5.75 Å². The van der Waals surface area contributed by atoms with Gasteiger partial charge < -0.3 is 25.3 Å². The van der Waals surface area contributed by atoms with Crippen molar-refractivity contribution >= 4 is 33.6 Å². The van der Waals surface area contributed by atoms with E-state index in [0.717, 1.165) is 44.2 Å². The number of aromatic amines is 2. The Bertz CT molecular complexity index is 1500. The summed E-state index contributed by atoms with van der Waals surface area (Å²) in [5, 5.41) is 7.69. The zero-order valence-electron chi connectivity index (χ0n) is 19.4. The molecule has 2 amide bonds. The van der Waals surface area contributed by atoms with Crippen LogP contribution >= 0.6 is 0 Å². The number of carbonyl (C=O) groups excluding carboxylic acids is 2. The molecule has 2 heterocycles. The first kappa shape index (κ1) is 22.3. The van der Waals surface area contributed by atoms with E-state index in [1.807, 2.05) is 67.0 Å². The number of carbonyl (C=O) groups is 2. The second kappa shape index (κ2) is 9.77. The van der Waals surface area contributed by atoms with Crippen molar-refractivity contribution in [3.05, 3.63) is 90.3 Å². The fraction of sp³-hybridized carbons (Fsp3) is 0.143. The van der Waals surface area contributed by atoms with Gasteiger partial charge in [-0.2, -0.15) is 0 Å². The van der Waals surface area contributed by atoms with Crippen molar-refractivity contribution in [2.45, 2.75) is 6.42 Å². The van der Waals surface area contributed by atoms with Gasteiger partial charge in [-0.15, -0.1) is 0 Å². The lowest BCUT2D eigenvalue weighted by Crippen LogP contribution is -2.37. The summed E-state index contributed by atoms with van der Waals surface area (Å²) in [6, 6.07) is 21.3. The molecule has 0 unspecified atom stereocenters. The van der Waals surface area contributed by atoms with E-state index in [-0.39, 0.29) is 18.4 Å². The molecule has 7 nitrogen and oxygen atoms in total. The predicted octanol–water partition coefficient (Wildman–Crippen LogP) is 4.41. The number of nitrogens with one attached hydrogen (secondary N) is 4. The summed E-state index contributed by atoms with van der Waals surface area (Å²) in [5.74, 6) is 0.272. The van der Waals surface area contributed by atoms with Crippen molar-refractivity contribution in [1.29, 1.82) is 0 Å². The summed E-state index contributed by atoms with van der Waals surface area (Å²) >= 11 is 0. The zero-order chi connectivity index (χ0) is 24.2. The van der Waals surface area contributed by atoms with Crippen LogP contribution in [0.25, 0.3) is 32.9 Å². The average molecular weight is 467 g/mol. The summed E-state index contributed by atoms with van der Waals surface area (Å²) < 4.78 is 5.24. The third kappa shape index (κ3) is 4.75. The molecule has 0 aliphatic heterocycles. The zero-order valence-corrected chi connectivity index (χ0v) is 19.4. The number of ether oxygens (including phenoxy) is 1. The normalized spacial score (nSPS) is 11.0. The fourth-order valence-corrected chi connectivity index (χ4v) is 4.27. The fourth-order valence-electron chi connectivity index (χ4n) is 4.27. The van der Waals surface area contributed by atoms with Gasteiger partial charge in [0.25, 0.3) is 5.91 Å². The molecule has 176 valence electrons. The molecule has 0 aliphatic carbocycles. The van der Waals surface area contributed by atoms with E-state index >= 15 is 0 Å². The first-order chi connectivity index (χ1) is 17.1. The van der Waals surface area contributed by atoms with Crippen LogP contribution in [-0.2, 0) is 11.2 Å². The second-order valence-corrected chi connectivity index (χ2v) is 8.33. The summed E-state index contributed by atoms with van der Waals surface area (Å²) in [6.45, 7) is 0.417. The topological polar surface area (TPSA) is 99.0 Å². The van der Waals surface area contributed by atoms with Crippen molar-refractivity contribution in [2.75, 3.05) is 20.2 Å². The van der Waals surface area contributed by atoms with Gasteiger partial charge in [0, 0.05) is 51.9 Å². The number of hydrogen-bond donors (Lipinski definition) is 4. The smallest absolute Gasteiger partial charge is 0.251 e. The molecule has 0 aliphatic rings. The third-order valence-electron chi connectivity index (χ3n) is 6.15. The van der Waals surface area contributed by atoms with Gasteiger partial charge >= 0.3 is 0 Å². The third-order valence-corrected chi connectivity index (χ3v) is 6.15. The Hall–Kier alpha value is -4.52. The van der Waals surface area contributed by atoms with Crippen molar-refractivity contribution < 1.29 is 14.3 Å². The van der Waals surface area contributed by atoms with E-state index in [1.165, 1.54) is 0 Å². The average Bonchev–Trinajstić information content (AvgIpc) is 3.51. The molecule has 0 saturated heterocycles. The van der Waals surface area contributed by atoms with Crippen LogP contribution in [0.4, 0.5) is 0 Å². The van der Waals surface area contributed by atoms with E-state index in [9.17, 15) is 9.59 Å². The lowest BCUT2D eigenvalue weighted by Gasteiger charge is -2.08. The molecule has 4 N–H and O–H groups in total. The highest BCUT2D eigenvalue weighted by Crippen LogP contribution is 2.30. The molecule has 0 radical (unpaired) electrons. The molecule has 7 heteroatoms. The summed E-state index contributed by atoms with van der Waals surface area (Å²) in [4.78, 5) is 31.5. The molecule has 35 heavy (non-hydrogen) atoms. The molecule has 0 saturated carbocycles. The Morgan fingerprint density at radius 3 is 2.46 bits per heavy atom. The van der Waals surface area contributed by atoms with Gasteiger partial charge in [0.15, 0.2) is 0 Å². The van der Waals surface area contributed by atoms with Crippen LogP contribution in [0, 0.1) is 0 Å². The van der Waals surface area contributed by atoms with Crippen LogP contribution in [0.15, 0.2) is 79.1 Å². The number of benzene rings is 3. The minimum absolute atomic E-state index is 0.0801. The molecular weight excluding hydrogens is 440 g/mol. The maximum Gasteiger partial charge on any atom is 0.251 e. The standard InChI is InChI=1S/C28H26N4O3/c1-35-21-9-6-18(7-10-21)24-16-31-26-11-8-19(14-23(24)26)28(34)32-17-27(33)29-13-12-20-15-30-25-5-3-2-4-22(20)25/h2-11,14-16,30-31H,12-13,17H2,1H3,(H,29,33)(H,32,34). The highest BCUT2D eigenvalue weighted by molar-refractivity contribution is 6.03. The quantitative estimate of drug-likeness (QED) is 0.273. The van der Waals surface area contributed by atoms with Crippen LogP contribution in [0.1, 0.15) is 15.9 Å². The molecular formula is C28H26N4O3. The molecule has 5 rings (SSSR count). The minimum atomic E-state index is -0.291. The van der Waals surface area contributed by atoms with E-state index in [2.05, 4.69) is 26.7 Å². The summed E-state index contributed by atoms with van der Waals surface area (Å²) in [6.07, 6.45) is 4.60. The van der Waals surface area contributed by atoms with Crippen LogP contribution in [0.2, 0.25) is 0 Å². The Morgan fingerprint density at radius 2 is 1.63 bits per heavy atom. The number of methoxy groups -OCH3 is 1. The largest absolute Gasteiger partial charge is 0.497 e. The number of aromatic nitrogens is 2. The van der Waals surface area contributed by atoms with Gasteiger partial charge in [0.2, 0.25) is 5.91 Å². The van der Waals surface area contributed by atoms with Gasteiger partial charge in [-0.05, 0) is 53.9 Å². The predicted molar refractivity (Wildman–Crippen MR) is 138 cm³/mol. The minimum Gasteiger partial charge on any atom is -0.497 e. The van der Waals surface area contributed by atoms with E-state index in [4.69, 9.17) is 4.74 Å². The Morgan fingerprint density at radius 1 is 0.857 bits per heavy atom. The van der Waals surface area contributed by atoms with Crippen molar-refractivity contribution in [3.63, 3.8) is 0 Å². The SMILES string of the molecule is COc1ccc(-c2c[nH]c3ccc(C(=O)NCC(=O)NCCc4c[nH]c5ccccc45)cc23)cc1. The number of H-pyrrole nitrogens is 2. The van der Waals surface area contributed by atoms with E-state index < -0.39 is 0 Å².